The summed E-state index contributed by atoms with van der Waals surface area (Å²) in [5, 5.41) is 0. The number of hydrogen-bond donors (Lipinski definition) is 0. The predicted octanol–water partition coefficient (Wildman–Crippen LogP) is 1.24. The molecule has 3 fully saturated rings. The van der Waals surface area contributed by atoms with Gasteiger partial charge in [0, 0.05) is 25.2 Å². The number of carbonyl (C=O) groups excluding carboxylic acids is 3. The Labute approximate surface area is 158 Å². The molecular formula is C18H18F3N3O4. The lowest BCUT2D eigenvalue weighted by Crippen LogP contribution is -2.69. The van der Waals surface area contributed by atoms with Gasteiger partial charge in [0.15, 0.2) is 0 Å². The fourth-order valence-electron chi connectivity index (χ4n) is 4.09. The van der Waals surface area contributed by atoms with Crippen molar-refractivity contribution in [2.24, 2.45) is 0 Å². The third-order valence-corrected chi connectivity index (χ3v) is 5.39. The van der Waals surface area contributed by atoms with E-state index < -0.39 is 24.1 Å². The summed E-state index contributed by atoms with van der Waals surface area (Å²) in [5.41, 5.74) is 0.191. The Morgan fingerprint density at radius 1 is 0.964 bits per heavy atom. The van der Waals surface area contributed by atoms with Gasteiger partial charge in [-0.3, -0.25) is 14.4 Å². The van der Waals surface area contributed by atoms with Gasteiger partial charge in [-0.15, -0.1) is 13.2 Å². The van der Waals surface area contributed by atoms with Crippen molar-refractivity contribution in [1.82, 2.24) is 14.7 Å². The average molecular weight is 397 g/mol. The van der Waals surface area contributed by atoms with Gasteiger partial charge in [-0.25, -0.2) is 0 Å². The summed E-state index contributed by atoms with van der Waals surface area (Å²) in [6, 6.07) is 3.56. The SMILES string of the molecule is O=C(c1ccc(OC(F)(F)F)cc1)N1CCN2C(=O)[C@H]3CCCN3C(=O)[C@H]2C1. The molecule has 3 aliphatic heterocycles. The first kappa shape index (κ1) is 18.6. The minimum Gasteiger partial charge on any atom is -0.406 e. The van der Waals surface area contributed by atoms with Crippen molar-refractivity contribution < 1.29 is 32.3 Å². The van der Waals surface area contributed by atoms with Crippen molar-refractivity contribution in [1.29, 1.82) is 0 Å². The topological polar surface area (TPSA) is 70.2 Å². The quantitative estimate of drug-likeness (QED) is 0.753. The van der Waals surface area contributed by atoms with Gasteiger partial charge >= 0.3 is 6.36 Å². The number of halogens is 3. The van der Waals surface area contributed by atoms with Gasteiger partial charge in [-0.1, -0.05) is 0 Å². The molecule has 0 N–H and O–H groups in total. The maximum absolute atomic E-state index is 12.7. The van der Waals surface area contributed by atoms with Crippen LogP contribution < -0.4 is 4.74 Å². The highest BCUT2D eigenvalue weighted by atomic mass is 19.4. The monoisotopic (exact) mass is 397 g/mol. The Hall–Kier alpha value is -2.78. The largest absolute Gasteiger partial charge is 0.573 e. The van der Waals surface area contributed by atoms with Crippen molar-refractivity contribution in [2.45, 2.75) is 31.3 Å². The Bertz CT molecular complexity index is 811. The first-order chi connectivity index (χ1) is 13.2. The molecule has 10 heteroatoms. The highest BCUT2D eigenvalue weighted by Gasteiger charge is 2.50. The fraction of sp³-hybridized carbons (Fsp3) is 0.500. The summed E-state index contributed by atoms with van der Waals surface area (Å²) in [6.45, 7) is 1.16. The second-order valence-electron chi connectivity index (χ2n) is 7.06. The van der Waals surface area contributed by atoms with Crippen LogP contribution in [0.4, 0.5) is 13.2 Å². The van der Waals surface area contributed by atoms with Crippen molar-refractivity contribution in [3.63, 3.8) is 0 Å². The standard InChI is InChI=1S/C18H18F3N3O4/c19-18(20,21)28-12-5-3-11(4-6-12)15(25)22-8-9-24-14(10-22)17(27)23-7-1-2-13(23)16(24)26/h3-6,13-14H,1-2,7-10H2/t13-,14-/m1/s1. The molecule has 0 aromatic heterocycles. The van der Waals surface area contributed by atoms with E-state index in [4.69, 9.17) is 0 Å². The highest BCUT2D eigenvalue weighted by molar-refractivity contribution is 5.99. The van der Waals surface area contributed by atoms with Gasteiger partial charge in [0.1, 0.15) is 17.8 Å². The molecule has 1 aromatic carbocycles. The van der Waals surface area contributed by atoms with Crippen LogP contribution in [-0.4, -0.2) is 77.0 Å². The maximum atomic E-state index is 12.7. The molecule has 3 saturated heterocycles. The van der Waals surface area contributed by atoms with E-state index in [0.717, 1.165) is 18.6 Å². The molecule has 2 atom stereocenters. The van der Waals surface area contributed by atoms with Crippen LogP contribution in [0, 0.1) is 0 Å². The minimum absolute atomic E-state index is 0.0668. The van der Waals surface area contributed by atoms with Crippen molar-refractivity contribution in [3.8, 4) is 5.75 Å². The molecule has 3 aliphatic rings. The summed E-state index contributed by atoms with van der Waals surface area (Å²) in [6.07, 6.45) is -3.34. The van der Waals surface area contributed by atoms with E-state index in [1.807, 2.05) is 0 Å². The zero-order valence-electron chi connectivity index (χ0n) is 14.8. The fourth-order valence-corrected chi connectivity index (χ4v) is 4.09. The van der Waals surface area contributed by atoms with Crippen molar-refractivity contribution >= 4 is 17.7 Å². The van der Waals surface area contributed by atoms with Crippen LogP contribution in [0.3, 0.4) is 0 Å². The number of ether oxygens (including phenoxy) is 1. The summed E-state index contributed by atoms with van der Waals surface area (Å²) in [7, 11) is 0. The molecule has 150 valence electrons. The van der Waals surface area contributed by atoms with Crippen LogP contribution >= 0.6 is 0 Å². The van der Waals surface area contributed by atoms with Crippen LogP contribution in [0.15, 0.2) is 24.3 Å². The molecule has 0 radical (unpaired) electrons. The second kappa shape index (κ2) is 6.68. The molecule has 0 saturated carbocycles. The summed E-state index contributed by atoms with van der Waals surface area (Å²) >= 11 is 0. The molecule has 7 nitrogen and oxygen atoms in total. The lowest BCUT2D eigenvalue weighted by Gasteiger charge is -2.47. The van der Waals surface area contributed by atoms with Crippen LogP contribution in [0.25, 0.3) is 0 Å². The molecule has 28 heavy (non-hydrogen) atoms. The summed E-state index contributed by atoms with van der Waals surface area (Å²) < 4.78 is 40.5. The van der Waals surface area contributed by atoms with Gasteiger partial charge in [-0.05, 0) is 37.1 Å². The van der Waals surface area contributed by atoms with Gasteiger partial charge in [-0.2, -0.15) is 0 Å². The Kier molecular flexibility index (Phi) is 4.43. The molecule has 1 aromatic rings. The van der Waals surface area contributed by atoms with E-state index in [0.29, 0.717) is 13.0 Å². The van der Waals surface area contributed by atoms with Crippen LogP contribution in [0.1, 0.15) is 23.2 Å². The summed E-state index contributed by atoms with van der Waals surface area (Å²) in [4.78, 5) is 42.7. The third kappa shape index (κ3) is 3.27. The molecule has 3 heterocycles. The lowest BCUT2D eigenvalue weighted by molar-refractivity contribution is -0.274. The van der Waals surface area contributed by atoms with E-state index in [9.17, 15) is 27.6 Å². The first-order valence-electron chi connectivity index (χ1n) is 9.00. The van der Waals surface area contributed by atoms with Gasteiger partial charge in [0.25, 0.3) is 5.91 Å². The number of benzene rings is 1. The van der Waals surface area contributed by atoms with Crippen LogP contribution in [0.2, 0.25) is 0 Å². The smallest absolute Gasteiger partial charge is 0.406 e. The molecule has 0 bridgehead atoms. The Balaban J connectivity index is 1.47. The lowest BCUT2D eigenvalue weighted by atomic mass is 10.0. The van der Waals surface area contributed by atoms with Crippen molar-refractivity contribution in [3.05, 3.63) is 29.8 Å². The van der Waals surface area contributed by atoms with Crippen LogP contribution in [-0.2, 0) is 9.59 Å². The first-order valence-corrected chi connectivity index (χ1v) is 9.00. The number of alkyl halides is 3. The molecule has 4 rings (SSSR count). The zero-order chi connectivity index (χ0) is 20.1. The van der Waals surface area contributed by atoms with Crippen LogP contribution in [0.5, 0.6) is 5.75 Å². The van der Waals surface area contributed by atoms with E-state index in [-0.39, 0.29) is 43.1 Å². The summed E-state index contributed by atoms with van der Waals surface area (Å²) in [5.74, 6) is -1.03. The van der Waals surface area contributed by atoms with Crippen molar-refractivity contribution in [2.75, 3.05) is 26.2 Å². The average Bonchev–Trinajstić information content (AvgIpc) is 3.15. The Morgan fingerprint density at radius 2 is 1.61 bits per heavy atom. The highest BCUT2D eigenvalue weighted by Crippen LogP contribution is 2.29. The number of hydrogen-bond acceptors (Lipinski definition) is 4. The van der Waals surface area contributed by atoms with Gasteiger partial charge < -0.3 is 19.4 Å². The number of carbonyl (C=O) groups is 3. The van der Waals surface area contributed by atoms with E-state index in [1.165, 1.54) is 17.0 Å². The number of fused-ring (bicyclic) bond motifs is 2. The van der Waals surface area contributed by atoms with E-state index >= 15 is 0 Å². The number of nitrogens with zero attached hydrogens (tertiary/aromatic N) is 3. The minimum atomic E-state index is -4.80. The Morgan fingerprint density at radius 3 is 2.29 bits per heavy atom. The molecule has 0 unspecified atom stereocenters. The zero-order valence-corrected chi connectivity index (χ0v) is 14.8. The number of rotatable bonds is 2. The van der Waals surface area contributed by atoms with Gasteiger partial charge in [0.2, 0.25) is 11.8 Å². The predicted molar refractivity (Wildman–Crippen MR) is 89.3 cm³/mol. The van der Waals surface area contributed by atoms with E-state index in [2.05, 4.69) is 4.74 Å². The molecule has 0 spiro atoms. The number of piperazine rings is 2. The van der Waals surface area contributed by atoms with E-state index in [1.54, 1.807) is 9.80 Å². The number of amides is 3. The third-order valence-electron chi connectivity index (χ3n) is 5.39. The molecular weight excluding hydrogens is 379 g/mol. The molecule has 3 amide bonds. The maximum Gasteiger partial charge on any atom is 0.573 e. The molecule has 0 aliphatic carbocycles. The normalized spacial score (nSPS) is 24.9. The van der Waals surface area contributed by atoms with Gasteiger partial charge in [0.05, 0.1) is 6.54 Å². The second-order valence-corrected chi connectivity index (χ2v) is 7.06.